The summed E-state index contributed by atoms with van der Waals surface area (Å²) in [6.45, 7) is 5.27. The molecular formula is C23H25BrFN3O5. The van der Waals surface area contributed by atoms with Gasteiger partial charge in [0, 0.05) is 0 Å². The van der Waals surface area contributed by atoms with E-state index in [-0.39, 0.29) is 24.7 Å². The average Bonchev–Trinajstić information content (AvgIpc) is 2.77. The zero-order valence-electron chi connectivity index (χ0n) is 18.4. The first kappa shape index (κ1) is 26.0. The summed E-state index contributed by atoms with van der Waals surface area (Å²) in [7, 11) is 0. The van der Waals surface area contributed by atoms with E-state index in [4.69, 9.17) is 9.47 Å². The van der Waals surface area contributed by atoms with Crippen LogP contribution in [-0.4, -0.2) is 43.3 Å². The number of hydrazone groups is 1. The summed E-state index contributed by atoms with van der Waals surface area (Å²) in [6, 6.07) is 9.63. The lowest BCUT2D eigenvalue weighted by molar-refractivity contribution is -0.145. The van der Waals surface area contributed by atoms with Gasteiger partial charge in [-0.1, -0.05) is 26.0 Å². The maximum Gasteiger partial charge on any atom is 0.344 e. The lowest BCUT2D eigenvalue weighted by Crippen LogP contribution is -2.48. The van der Waals surface area contributed by atoms with Crippen LogP contribution in [0.25, 0.3) is 0 Å². The van der Waals surface area contributed by atoms with Crippen LogP contribution in [0.1, 0.15) is 36.7 Å². The molecule has 10 heteroatoms. The van der Waals surface area contributed by atoms with Crippen LogP contribution in [0.4, 0.5) is 4.39 Å². The van der Waals surface area contributed by atoms with Crippen molar-refractivity contribution in [2.24, 2.45) is 11.0 Å². The Morgan fingerprint density at radius 1 is 1.18 bits per heavy atom. The predicted molar refractivity (Wildman–Crippen MR) is 124 cm³/mol. The summed E-state index contributed by atoms with van der Waals surface area (Å²) in [4.78, 5) is 36.3. The van der Waals surface area contributed by atoms with Crippen LogP contribution >= 0.6 is 15.9 Å². The Bertz CT molecular complexity index is 1030. The molecule has 0 bridgehead atoms. The van der Waals surface area contributed by atoms with E-state index in [9.17, 15) is 18.8 Å². The minimum Gasteiger partial charge on any atom is -0.481 e. The van der Waals surface area contributed by atoms with Gasteiger partial charge in [-0.25, -0.2) is 14.6 Å². The number of esters is 1. The number of nitrogens with zero attached hydrogens (tertiary/aromatic N) is 1. The zero-order valence-corrected chi connectivity index (χ0v) is 20.0. The van der Waals surface area contributed by atoms with Gasteiger partial charge >= 0.3 is 5.97 Å². The highest BCUT2D eigenvalue weighted by atomic mass is 79.9. The number of carbonyl (C=O) groups is 3. The summed E-state index contributed by atoms with van der Waals surface area (Å²) in [5.74, 6) is -2.19. The molecule has 0 saturated heterocycles. The maximum atomic E-state index is 13.8. The van der Waals surface area contributed by atoms with Gasteiger partial charge in [-0.2, -0.15) is 5.10 Å². The molecule has 1 atom stereocenters. The molecule has 2 aromatic carbocycles. The Morgan fingerprint density at radius 2 is 1.91 bits per heavy atom. The number of amides is 2. The number of nitrogens with one attached hydrogen (secondary N) is 2. The fourth-order valence-electron chi connectivity index (χ4n) is 2.69. The van der Waals surface area contributed by atoms with E-state index < -0.39 is 29.6 Å². The Labute approximate surface area is 199 Å². The topological polar surface area (TPSA) is 106 Å². The molecule has 2 aromatic rings. The highest BCUT2D eigenvalue weighted by Crippen LogP contribution is 2.25. The number of rotatable bonds is 10. The third-order valence-electron chi connectivity index (χ3n) is 4.35. The monoisotopic (exact) mass is 521 g/mol. The van der Waals surface area contributed by atoms with Crippen molar-refractivity contribution in [3.63, 3.8) is 0 Å². The molecule has 0 radical (unpaired) electrons. The van der Waals surface area contributed by atoms with Gasteiger partial charge in [0.2, 0.25) is 0 Å². The molecular weight excluding hydrogens is 497 g/mol. The van der Waals surface area contributed by atoms with Crippen LogP contribution in [0.5, 0.6) is 5.75 Å². The van der Waals surface area contributed by atoms with E-state index in [0.29, 0.717) is 15.8 Å². The Hall–Kier alpha value is -3.27. The standard InChI is InChI=1S/C23H25BrFN3O5/c1-4-32-20(29)13-33-19-10-9-15(11-17(19)24)12-26-28-23(31)21(14(2)3)27-22(30)16-7-5-6-8-18(16)25/h5-12,14,21H,4,13H2,1-3H3,(H,27,30)(H,28,31)/b26-12+. The van der Waals surface area contributed by atoms with Crippen molar-refractivity contribution in [3.8, 4) is 5.75 Å². The van der Waals surface area contributed by atoms with Gasteiger partial charge < -0.3 is 14.8 Å². The number of halogens is 2. The fraction of sp³-hybridized carbons (Fsp3) is 0.304. The fourth-order valence-corrected chi connectivity index (χ4v) is 3.20. The maximum absolute atomic E-state index is 13.8. The van der Waals surface area contributed by atoms with E-state index in [1.165, 1.54) is 30.5 Å². The quantitative estimate of drug-likeness (QED) is 0.283. The molecule has 2 amide bonds. The van der Waals surface area contributed by atoms with Crippen LogP contribution < -0.4 is 15.5 Å². The highest BCUT2D eigenvalue weighted by molar-refractivity contribution is 9.10. The van der Waals surface area contributed by atoms with Gasteiger partial charge in [-0.3, -0.25) is 9.59 Å². The summed E-state index contributed by atoms with van der Waals surface area (Å²) < 4.78 is 24.6. The van der Waals surface area contributed by atoms with Crippen molar-refractivity contribution in [3.05, 3.63) is 63.9 Å². The molecule has 0 heterocycles. The van der Waals surface area contributed by atoms with E-state index in [2.05, 4.69) is 31.8 Å². The second-order valence-corrected chi connectivity index (χ2v) is 8.05. The van der Waals surface area contributed by atoms with Gasteiger partial charge in [0.25, 0.3) is 11.8 Å². The van der Waals surface area contributed by atoms with Crippen molar-refractivity contribution < 1.29 is 28.2 Å². The number of ether oxygens (including phenoxy) is 2. The lowest BCUT2D eigenvalue weighted by atomic mass is 10.0. The van der Waals surface area contributed by atoms with Crippen LogP contribution in [-0.2, 0) is 14.3 Å². The molecule has 8 nitrogen and oxygen atoms in total. The van der Waals surface area contributed by atoms with Gasteiger partial charge in [-0.15, -0.1) is 0 Å². The second kappa shape index (κ2) is 12.7. The molecule has 0 aliphatic heterocycles. The molecule has 2 N–H and O–H groups in total. The van der Waals surface area contributed by atoms with Crippen molar-refractivity contribution in [2.45, 2.75) is 26.8 Å². The molecule has 0 spiro atoms. The third kappa shape index (κ3) is 7.98. The largest absolute Gasteiger partial charge is 0.481 e. The van der Waals surface area contributed by atoms with Crippen molar-refractivity contribution in [1.29, 1.82) is 0 Å². The van der Waals surface area contributed by atoms with Crippen LogP contribution in [0.3, 0.4) is 0 Å². The van der Waals surface area contributed by atoms with Crippen molar-refractivity contribution in [1.82, 2.24) is 10.7 Å². The smallest absolute Gasteiger partial charge is 0.344 e. The summed E-state index contributed by atoms with van der Waals surface area (Å²) in [6.07, 6.45) is 1.41. The first-order valence-electron chi connectivity index (χ1n) is 10.2. The molecule has 176 valence electrons. The Morgan fingerprint density at radius 3 is 2.55 bits per heavy atom. The lowest BCUT2D eigenvalue weighted by Gasteiger charge is -2.20. The van der Waals surface area contributed by atoms with Gasteiger partial charge in [0.1, 0.15) is 17.6 Å². The molecule has 33 heavy (non-hydrogen) atoms. The Balaban J connectivity index is 1.97. The molecule has 0 aliphatic carbocycles. The van der Waals surface area contributed by atoms with E-state index in [1.807, 2.05) is 0 Å². The summed E-state index contributed by atoms with van der Waals surface area (Å²) in [5.41, 5.74) is 2.88. The first-order valence-corrected chi connectivity index (χ1v) is 11.0. The van der Waals surface area contributed by atoms with E-state index >= 15 is 0 Å². The number of benzene rings is 2. The van der Waals surface area contributed by atoms with Crippen LogP contribution in [0, 0.1) is 11.7 Å². The molecule has 0 fully saturated rings. The molecule has 0 aliphatic rings. The predicted octanol–water partition coefficient (Wildman–Crippen LogP) is 3.43. The van der Waals surface area contributed by atoms with Gasteiger partial charge in [0.05, 0.1) is 22.9 Å². The molecule has 0 aromatic heterocycles. The zero-order chi connectivity index (χ0) is 24.4. The van der Waals surface area contributed by atoms with Gasteiger partial charge in [0.15, 0.2) is 6.61 Å². The molecule has 2 rings (SSSR count). The van der Waals surface area contributed by atoms with E-state index in [1.54, 1.807) is 39.0 Å². The van der Waals surface area contributed by atoms with Crippen LogP contribution in [0.15, 0.2) is 52.0 Å². The first-order chi connectivity index (χ1) is 15.7. The number of hydrogen-bond acceptors (Lipinski definition) is 6. The highest BCUT2D eigenvalue weighted by Gasteiger charge is 2.25. The van der Waals surface area contributed by atoms with Crippen LogP contribution in [0.2, 0.25) is 0 Å². The average molecular weight is 522 g/mol. The van der Waals surface area contributed by atoms with Crippen molar-refractivity contribution >= 4 is 39.9 Å². The molecule has 1 unspecified atom stereocenters. The minimum atomic E-state index is -0.917. The van der Waals surface area contributed by atoms with Crippen molar-refractivity contribution in [2.75, 3.05) is 13.2 Å². The minimum absolute atomic E-state index is 0.144. The summed E-state index contributed by atoms with van der Waals surface area (Å²) in [5, 5.41) is 6.47. The molecule has 0 saturated carbocycles. The third-order valence-corrected chi connectivity index (χ3v) is 4.97. The van der Waals surface area contributed by atoms with E-state index in [0.717, 1.165) is 0 Å². The second-order valence-electron chi connectivity index (χ2n) is 7.19. The summed E-state index contributed by atoms with van der Waals surface area (Å²) >= 11 is 3.35. The SMILES string of the molecule is CCOC(=O)COc1ccc(/C=N/NC(=O)C(NC(=O)c2ccccc2F)C(C)C)cc1Br. The number of carbonyl (C=O) groups excluding carboxylic acids is 3. The number of hydrogen-bond donors (Lipinski definition) is 2. The van der Waals surface area contributed by atoms with Gasteiger partial charge in [-0.05, 0) is 64.7 Å². The Kier molecular flexibility index (Phi) is 9.99. The normalized spacial score (nSPS) is 11.8.